The second-order valence-corrected chi connectivity index (χ2v) is 11.6. The Bertz CT molecular complexity index is 1810. The zero-order valence-electron chi connectivity index (χ0n) is 27.1. The summed E-state index contributed by atoms with van der Waals surface area (Å²) in [5.74, 6) is 3.45. The maximum absolute atomic E-state index is 5.08. The third-order valence-corrected chi connectivity index (χ3v) is 8.13. The van der Waals surface area contributed by atoms with Gasteiger partial charge in [-0.05, 0) is 65.7 Å². The van der Waals surface area contributed by atoms with Gasteiger partial charge in [-0.1, -0.05) is 78.9 Å². The molecule has 246 valence electrons. The number of rotatable bonds is 10. The van der Waals surface area contributed by atoms with Crippen molar-refractivity contribution < 1.29 is 0 Å². The molecule has 0 spiro atoms. The van der Waals surface area contributed by atoms with Crippen LogP contribution in [0.25, 0.3) is 0 Å². The number of amidine groups is 4. The number of hydrogen-bond acceptors (Lipinski definition) is 6. The van der Waals surface area contributed by atoms with Gasteiger partial charge in [0.15, 0.2) is 0 Å². The average Bonchev–Trinajstić information content (AvgIpc) is 3.90. The van der Waals surface area contributed by atoms with Crippen molar-refractivity contribution in [2.75, 3.05) is 36.8 Å². The number of halogens is 1. The van der Waals surface area contributed by atoms with E-state index in [1.807, 2.05) is 36.4 Å². The number of aliphatic imine (C=N–C) groups is 4. The molecule has 0 fully saturated rings. The standard InChI is InChI=1S/C40H38N8.ClH/c1-3-8-29(9-4-1)27-45-39(47-35-18-14-31(15-19-35)37-41-22-23-42-37)33-12-7-13-34(26-33)40(46-28-30-10-5-2-6-11-30)48-36-20-16-32(17-21-36)38-43-24-25-44-38;/h1-21,26H,22-25,27-28H2,(H,41,42)(H,43,44)(H,45,47)(H,46,48);1H. The lowest BCUT2D eigenvalue weighted by molar-refractivity contribution is 0.960. The van der Waals surface area contributed by atoms with E-state index in [1.165, 1.54) is 0 Å². The normalized spacial score (nSPS) is 14.2. The maximum Gasteiger partial charge on any atom is 0.133 e. The summed E-state index contributed by atoms with van der Waals surface area (Å²) < 4.78 is 0. The van der Waals surface area contributed by atoms with Gasteiger partial charge in [-0.3, -0.25) is 20.0 Å². The quantitative estimate of drug-likeness (QED) is 0.0961. The molecule has 4 N–H and O–H groups in total. The largest absolute Gasteiger partial charge is 0.368 e. The summed E-state index contributed by atoms with van der Waals surface area (Å²) in [7, 11) is 0. The van der Waals surface area contributed by atoms with Crippen LogP contribution in [0.3, 0.4) is 0 Å². The third-order valence-electron chi connectivity index (χ3n) is 8.13. The first-order chi connectivity index (χ1) is 23.8. The van der Waals surface area contributed by atoms with Crippen molar-refractivity contribution in [2.45, 2.75) is 13.1 Å². The summed E-state index contributed by atoms with van der Waals surface area (Å²) in [5, 5.41) is 13.9. The second-order valence-electron chi connectivity index (χ2n) is 11.6. The molecule has 49 heavy (non-hydrogen) atoms. The second kappa shape index (κ2) is 16.4. The Kier molecular flexibility index (Phi) is 11.1. The number of nitrogens with one attached hydrogen (secondary N) is 4. The lowest BCUT2D eigenvalue weighted by Gasteiger charge is -2.15. The van der Waals surface area contributed by atoms with Crippen molar-refractivity contribution in [1.29, 1.82) is 0 Å². The fourth-order valence-corrected chi connectivity index (χ4v) is 5.61. The molecule has 0 saturated carbocycles. The van der Waals surface area contributed by atoms with Gasteiger partial charge in [-0.25, -0.2) is 0 Å². The van der Waals surface area contributed by atoms with E-state index in [9.17, 15) is 0 Å². The van der Waals surface area contributed by atoms with Crippen molar-refractivity contribution in [3.05, 3.63) is 167 Å². The van der Waals surface area contributed by atoms with Crippen molar-refractivity contribution in [3.8, 4) is 0 Å². The molecule has 0 aliphatic carbocycles. The maximum atomic E-state index is 5.08. The van der Waals surface area contributed by atoms with E-state index < -0.39 is 0 Å². The van der Waals surface area contributed by atoms with E-state index >= 15 is 0 Å². The predicted octanol–water partition coefficient (Wildman–Crippen LogP) is 6.93. The van der Waals surface area contributed by atoms with Crippen molar-refractivity contribution >= 4 is 47.1 Å². The number of benzene rings is 5. The van der Waals surface area contributed by atoms with Gasteiger partial charge in [0, 0.05) is 46.7 Å². The summed E-state index contributed by atoms with van der Waals surface area (Å²) in [6.45, 7) is 4.48. The first kappa shape index (κ1) is 33.2. The smallest absolute Gasteiger partial charge is 0.133 e. The Labute approximate surface area is 293 Å². The summed E-state index contributed by atoms with van der Waals surface area (Å²) in [6.07, 6.45) is 0. The highest BCUT2D eigenvalue weighted by atomic mass is 35.5. The molecule has 0 aromatic heterocycles. The van der Waals surface area contributed by atoms with E-state index in [4.69, 9.17) is 9.98 Å². The van der Waals surface area contributed by atoms with Crippen molar-refractivity contribution in [2.24, 2.45) is 20.0 Å². The zero-order valence-corrected chi connectivity index (χ0v) is 28.0. The van der Waals surface area contributed by atoms with Gasteiger partial charge >= 0.3 is 0 Å². The Morgan fingerprint density at radius 1 is 0.531 bits per heavy atom. The summed E-state index contributed by atoms with van der Waals surface area (Å²) in [4.78, 5) is 19.3. The van der Waals surface area contributed by atoms with Crippen molar-refractivity contribution in [1.82, 2.24) is 10.6 Å². The van der Waals surface area contributed by atoms with Crippen LogP contribution in [0.5, 0.6) is 0 Å². The van der Waals surface area contributed by atoms with Gasteiger partial charge in [0.2, 0.25) is 0 Å². The van der Waals surface area contributed by atoms with Crippen LogP contribution in [0.2, 0.25) is 0 Å². The Hall–Kier alpha value is -5.73. The molecular weight excluding hydrogens is 628 g/mol. The molecule has 5 aromatic carbocycles. The molecule has 2 heterocycles. The fourth-order valence-electron chi connectivity index (χ4n) is 5.61. The van der Waals surface area contributed by atoms with Crippen LogP contribution >= 0.6 is 12.4 Å². The molecule has 2 aliphatic heterocycles. The lowest BCUT2D eigenvalue weighted by Crippen LogP contribution is -2.20. The topological polar surface area (TPSA) is 97.6 Å². The van der Waals surface area contributed by atoms with Crippen LogP contribution in [0, 0.1) is 0 Å². The Morgan fingerprint density at radius 3 is 1.35 bits per heavy atom. The molecule has 2 aliphatic rings. The molecule has 0 atom stereocenters. The first-order valence-electron chi connectivity index (χ1n) is 16.4. The fraction of sp³-hybridized carbons (Fsp3) is 0.150. The average molecular weight is 667 g/mol. The molecule has 7 rings (SSSR count). The van der Waals surface area contributed by atoms with E-state index in [0.717, 1.165) is 94.3 Å². The van der Waals surface area contributed by atoms with Gasteiger partial charge in [-0.2, -0.15) is 0 Å². The summed E-state index contributed by atoms with van der Waals surface area (Å²) >= 11 is 0. The molecule has 9 heteroatoms. The van der Waals surface area contributed by atoms with Crippen LogP contribution in [-0.4, -0.2) is 49.5 Å². The highest BCUT2D eigenvalue weighted by molar-refractivity contribution is 6.13. The van der Waals surface area contributed by atoms with E-state index in [2.05, 4.69) is 128 Å². The number of hydrogen-bond donors (Lipinski definition) is 4. The van der Waals surface area contributed by atoms with Gasteiger partial charge in [0.25, 0.3) is 0 Å². The minimum absolute atomic E-state index is 0. The van der Waals surface area contributed by atoms with Gasteiger partial charge < -0.3 is 21.3 Å². The minimum Gasteiger partial charge on any atom is -0.368 e. The van der Waals surface area contributed by atoms with Gasteiger partial charge in [-0.15, -0.1) is 12.4 Å². The van der Waals surface area contributed by atoms with Crippen LogP contribution in [0.4, 0.5) is 11.4 Å². The molecule has 0 unspecified atom stereocenters. The highest BCUT2D eigenvalue weighted by Gasteiger charge is 2.13. The predicted molar refractivity (Wildman–Crippen MR) is 206 cm³/mol. The molecule has 0 radical (unpaired) electrons. The minimum atomic E-state index is 0. The van der Waals surface area contributed by atoms with E-state index in [1.54, 1.807) is 0 Å². The van der Waals surface area contributed by atoms with Gasteiger partial charge in [0.1, 0.15) is 23.3 Å². The van der Waals surface area contributed by atoms with Crippen LogP contribution in [-0.2, 0) is 13.1 Å². The molecule has 0 saturated heterocycles. The van der Waals surface area contributed by atoms with E-state index in [0.29, 0.717) is 13.1 Å². The number of anilines is 2. The zero-order chi connectivity index (χ0) is 32.4. The lowest BCUT2D eigenvalue weighted by atomic mass is 10.1. The van der Waals surface area contributed by atoms with Crippen LogP contribution in [0.1, 0.15) is 33.4 Å². The summed E-state index contributed by atoms with van der Waals surface area (Å²) in [5.41, 5.74) is 8.26. The van der Waals surface area contributed by atoms with Gasteiger partial charge in [0.05, 0.1) is 26.2 Å². The number of nitrogens with zero attached hydrogens (tertiary/aromatic N) is 4. The molecular formula is C40H39ClN8. The van der Waals surface area contributed by atoms with E-state index in [-0.39, 0.29) is 12.4 Å². The monoisotopic (exact) mass is 666 g/mol. The molecule has 5 aromatic rings. The first-order valence-corrected chi connectivity index (χ1v) is 16.4. The highest BCUT2D eigenvalue weighted by Crippen LogP contribution is 2.18. The third kappa shape index (κ3) is 8.80. The Balaban J connectivity index is 0.00000417. The Morgan fingerprint density at radius 2 is 0.959 bits per heavy atom. The van der Waals surface area contributed by atoms with Crippen LogP contribution in [0.15, 0.2) is 153 Å². The molecule has 0 amide bonds. The summed E-state index contributed by atoms with van der Waals surface area (Å²) in [6, 6.07) is 45.6. The van der Waals surface area contributed by atoms with Crippen molar-refractivity contribution in [3.63, 3.8) is 0 Å². The molecule has 0 bridgehead atoms. The SMILES string of the molecule is Cl.c1ccc(CN=C(Nc2ccc(C3=NCCN3)cc2)c2cccc(C(=NCc3ccccc3)Nc3ccc(C4=NCCN4)cc3)c2)cc1. The molecule has 8 nitrogen and oxygen atoms in total. The van der Waals surface area contributed by atoms with Crippen LogP contribution < -0.4 is 21.3 Å².